The van der Waals surface area contributed by atoms with E-state index in [-0.39, 0.29) is 6.04 Å². The molecule has 1 saturated carbocycles. The van der Waals surface area contributed by atoms with Crippen molar-refractivity contribution in [3.05, 3.63) is 17.8 Å². The van der Waals surface area contributed by atoms with Crippen LogP contribution in [-0.4, -0.2) is 22.8 Å². The second-order valence-corrected chi connectivity index (χ2v) is 4.83. The molecule has 1 unspecified atom stereocenters. The molecule has 1 aliphatic rings. The molecule has 19 heavy (non-hydrogen) atoms. The number of halogens is 3. The van der Waals surface area contributed by atoms with E-state index in [1.165, 1.54) is 18.9 Å². The SMILES string of the molecule is NCC(Nc1ccc(C(F)(F)F)nn1)C1CCCC1. The molecule has 1 atom stereocenters. The fourth-order valence-corrected chi connectivity index (χ4v) is 2.48. The van der Waals surface area contributed by atoms with Crippen LogP contribution >= 0.6 is 0 Å². The van der Waals surface area contributed by atoms with Crippen LogP contribution in [0.4, 0.5) is 19.0 Å². The molecule has 0 spiro atoms. The molecule has 3 N–H and O–H groups in total. The molecular weight excluding hydrogens is 257 g/mol. The highest BCUT2D eigenvalue weighted by Gasteiger charge is 2.33. The van der Waals surface area contributed by atoms with Crippen LogP contribution in [0.3, 0.4) is 0 Å². The van der Waals surface area contributed by atoms with E-state index in [2.05, 4.69) is 15.5 Å². The first kappa shape index (κ1) is 14.0. The van der Waals surface area contributed by atoms with Crippen molar-refractivity contribution in [3.8, 4) is 0 Å². The van der Waals surface area contributed by atoms with E-state index in [1.54, 1.807) is 0 Å². The van der Waals surface area contributed by atoms with Crippen LogP contribution in [0, 0.1) is 5.92 Å². The molecule has 0 bridgehead atoms. The Labute approximate surface area is 109 Å². The molecule has 106 valence electrons. The standard InChI is InChI=1S/C12H17F3N4/c13-12(14,15)10-5-6-11(19-18-10)17-9(7-16)8-3-1-2-4-8/h5-6,8-9H,1-4,7,16H2,(H,17,19). The Morgan fingerprint density at radius 1 is 1.26 bits per heavy atom. The lowest BCUT2D eigenvalue weighted by molar-refractivity contribution is -0.141. The predicted octanol–water partition coefficient (Wildman–Crippen LogP) is 2.42. The van der Waals surface area contributed by atoms with Crippen LogP contribution in [0.25, 0.3) is 0 Å². The Morgan fingerprint density at radius 3 is 2.42 bits per heavy atom. The van der Waals surface area contributed by atoms with Crippen LogP contribution in [0.15, 0.2) is 12.1 Å². The summed E-state index contributed by atoms with van der Waals surface area (Å²) in [7, 11) is 0. The lowest BCUT2D eigenvalue weighted by Gasteiger charge is -2.23. The van der Waals surface area contributed by atoms with Gasteiger partial charge in [0.2, 0.25) is 0 Å². The number of hydrogen-bond acceptors (Lipinski definition) is 4. The second kappa shape index (κ2) is 5.73. The van der Waals surface area contributed by atoms with Gasteiger partial charge in [-0.2, -0.15) is 13.2 Å². The number of alkyl halides is 3. The summed E-state index contributed by atoms with van der Waals surface area (Å²) in [6.45, 7) is 0.438. The minimum absolute atomic E-state index is 0.0496. The van der Waals surface area contributed by atoms with Crippen molar-refractivity contribution >= 4 is 5.82 Å². The van der Waals surface area contributed by atoms with Gasteiger partial charge in [0.15, 0.2) is 5.69 Å². The molecule has 1 aliphatic carbocycles. The van der Waals surface area contributed by atoms with E-state index in [9.17, 15) is 13.2 Å². The molecular formula is C12H17F3N4. The van der Waals surface area contributed by atoms with Gasteiger partial charge >= 0.3 is 6.18 Å². The summed E-state index contributed by atoms with van der Waals surface area (Å²) in [5.74, 6) is 0.810. The van der Waals surface area contributed by atoms with Gasteiger partial charge in [0.05, 0.1) is 0 Å². The van der Waals surface area contributed by atoms with Gasteiger partial charge in [0, 0.05) is 12.6 Å². The highest BCUT2D eigenvalue weighted by molar-refractivity contribution is 5.35. The van der Waals surface area contributed by atoms with Gasteiger partial charge in [-0.3, -0.25) is 0 Å². The van der Waals surface area contributed by atoms with Crippen LogP contribution in [0.5, 0.6) is 0 Å². The number of anilines is 1. The van der Waals surface area contributed by atoms with Crippen LogP contribution < -0.4 is 11.1 Å². The van der Waals surface area contributed by atoms with E-state index in [0.717, 1.165) is 18.9 Å². The molecule has 1 fully saturated rings. The minimum atomic E-state index is -4.45. The summed E-state index contributed by atoms with van der Waals surface area (Å²) in [6.07, 6.45) is 0.110. The zero-order valence-electron chi connectivity index (χ0n) is 10.5. The number of nitrogens with zero attached hydrogens (tertiary/aromatic N) is 2. The lowest BCUT2D eigenvalue weighted by atomic mass is 9.98. The monoisotopic (exact) mass is 274 g/mol. The predicted molar refractivity (Wildman–Crippen MR) is 65.5 cm³/mol. The Kier molecular flexibility index (Phi) is 4.24. The molecule has 1 aromatic rings. The fraction of sp³-hybridized carbons (Fsp3) is 0.667. The van der Waals surface area contributed by atoms with Crippen molar-refractivity contribution in [1.29, 1.82) is 0 Å². The fourth-order valence-electron chi connectivity index (χ4n) is 2.48. The summed E-state index contributed by atoms with van der Waals surface area (Å²) in [5, 5.41) is 9.84. The van der Waals surface area contributed by atoms with Crippen molar-refractivity contribution in [2.24, 2.45) is 11.7 Å². The Morgan fingerprint density at radius 2 is 1.95 bits per heavy atom. The third-order valence-corrected chi connectivity index (χ3v) is 3.51. The first-order valence-corrected chi connectivity index (χ1v) is 6.38. The largest absolute Gasteiger partial charge is 0.435 e. The second-order valence-electron chi connectivity index (χ2n) is 4.83. The van der Waals surface area contributed by atoms with Crippen LogP contribution in [-0.2, 0) is 6.18 Å². The molecule has 0 saturated heterocycles. The van der Waals surface area contributed by atoms with Crippen molar-refractivity contribution in [1.82, 2.24) is 10.2 Å². The first-order valence-electron chi connectivity index (χ1n) is 6.38. The Hall–Kier alpha value is -1.37. The van der Waals surface area contributed by atoms with Gasteiger partial charge in [-0.15, -0.1) is 10.2 Å². The van der Waals surface area contributed by atoms with Crippen molar-refractivity contribution in [2.45, 2.75) is 37.9 Å². The van der Waals surface area contributed by atoms with E-state index < -0.39 is 11.9 Å². The van der Waals surface area contributed by atoms with Gasteiger partial charge < -0.3 is 11.1 Å². The maximum atomic E-state index is 12.4. The summed E-state index contributed by atoms with van der Waals surface area (Å²) < 4.78 is 37.1. The third-order valence-electron chi connectivity index (χ3n) is 3.51. The average molecular weight is 274 g/mol. The Bertz CT molecular complexity index is 398. The minimum Gasteiger partial charge on any atom is -0.364 e. The van der Waals surface area contributed by atoms with E-state index in [1.807, 2.05) is 0 Å². The molecule has 0 aliphatic heterocycles. The lowest BCUT2D eigenvalue weighted by Crippen LogP contribution is -2.35. The van der Waals surface area contributed by atoms with Crippen molar-refractivity contribution in [3.63, 3.8) is 0 Å². The van der Waals surface area contributed by atoms with Crippen molar-refractivity contribution < 1.29 is 13.2 Å². The molecule has 7 heteroatoms. The highest BCUT2D eigenvalue weighted by Crippen LogP contribution is 2.30. The molecule has 1 aromatic heterocycles. The summed E-state index contributed by atoms with van der Waals surface area (Å²) in [4.78, 5) is 0. The molecule has 2 rings (SSSR count). The Balaban J connectivity index is 2.01. The highest BCUT2D eigenvalue weighted by atomic mass is 19.4. The molecule has 0 radical (unpaired) electrons. The van der Waals surface area contributed by atoms with Gasteiger partial charge in [0.25, 0.3) is 0 Å². The van der Waals surface area contributed by atoms with Crippen LogP contribution in [0.2, 0.25) is 0 Å². The van der Waals surface area contributed by atoms with E-state index in [4.69, 9.17) is 5.73 Å². The molecule has 1 heterocycles. The third kappa shape index (κ3) is 3.56. The number of nitrogens with one attached hydrogen (secondary N) is 1. The summed E-state index contributed by atoms with van der Waals surface area (Å²) in [6, 6.07) is 2.28. The zero-order chi connectivity index (χ0) is 13.9. The average Bonchev–Trinajstić information content (AvgIpc) is 2.89. The number of aromatic nitrogens is 2. The number of rotatable bonds is 4. The van der Waals surface area contributed by atoms with Gasteiger partial charge in [-0.05, 0) is 30.9 Å². The number of nitrogens with two attached hydrogens (primary N) is 1. The maximum Gasteiger partial charge on any atom is 0.435 e. The van der Waals surface area contributed by atoms with Gasteiger partial charge in [-0.1, -0.05) is 12.8 Å². The normalized spacial score (nSPS) is 18.5. The molecule has 0 aromatic carbocycles. The zero-order valence-corrected chi connectivity index (χ0v) is 10.5. The summed E-state index contributed by atoms with van der Waals surface area (Å²) >= 11 is 0. The smallest absolute Gasteiger partial charge is 0.364 e. The van der Waals surface area contributed by atoms with Gasteiger partial charge in [-0.25, -0.2) is 0 Å². The first-order chi connectivity index (χ1) is 9.00. The van der Waals surface area contributed by atoms with Crippen LogP contribution in [0.1, 0.15) is 31.4 Å². The topological polar surface area (TPSA) is 63.8 Å². The maximum absolute atomic E-state index is 12.4. The number of hydrogen-bond donors (Lipinski definition) is 2. The molecule has 0 amide bonds. The van der Waals surface area contributed by atoms with E-state index >= 15 is 0 Å². The van der Waals surface area contributed by atoms with Gasteiger partial charge in [0.1, 0.15) is 5.82 Å². The summed E-state index contributed by atoms with van der Waals surface area (Å²) in [5.41, 5.74) is 4.73. The quantitative estimate of drug-likeness (QED) is 0.885. The van der Waals surface area contributed by atoms with Crippen molar-refractivity contribution in [2.75, 3.05) is 11.9 Å². The molecule has 4 nitrogen and oxygen atoms in total. The van der Waals surface area contributed by atoms with E-state index in [0.29, 0.717) is 18.3 Å².